The van der Waals surface area contributed by atoms with Crippen LogP contribution in [0.25, 0.3) is 22.2 Å². The van der Waals surface area contributed by atoms with Gasteiger partial charge in [0.25, 0.3) is 5.56 Å². The molecular weight excluding hydrogens is 344 g/mol. The van der Waals surface area contributed by atoms with Crippen molar-refractivity contribution in [3.05, 3.63) is 46.4 Å². The lowest BCUT2D eigenvalue weighted by Crippen LogP contribution is -2.12. The Kier molecular flexibility index (Phi) is 5.14. The number of aromatic nitrogens is 4. The first-order chi connectivity index (χ1) is 12.1. The summed E-state index contributed by atoms with van der Waals surface area (Å²) in [5.41, 5.74) is 2.05. The summed E-state index contributed by atoms with van der Waals surface area (Å²) in [5, 5.41) is 0.399. The van der Waals surface area contributed by atoms with Crippen LogP contribution in [0.3, 0.4) is 0 Å². The van der Waals surface area contributed by atoms with E-state index < -0.39 is 0 Å². The van der Waals surface area contributed by atoms with Gasteiger partial charge in [-0.25, -0.2) is 4.98 Å². The number of nitrogens with one attached hydrogen (secondary N) is 1. The molecule has 0 aliphatic carbocycles. The molecule has 3 aromatic rings. The van der Waals surface area contributed by atoms with Gasteiger partial charge in [0.05, 0.1) is 12.9 Å². The van der Waals surface area contributed by atoms with Gasteiger partial charge in [-0.2, -0.15) is 0 Å². The molecule has 0 aliphatic rings. The van der Waals surface area contributed by atoms with Crippen LogP contribution < -0.4 is 5.56 Å². The Labute approximate surface area is 148 Å². The molecule has 3 rings (SSSR count). The molecule has 0 amide bonds. The quantitative estimate of drug-likeness (QED) is 0.682. The summed E-state index contributed by atoms with van der Waals surface area (Å²) in [5.74, 6) is -0.269. The minimum atomic E-state index is -0.279. The van der Waals surface area contributed by atoms with E-state index in [9.17, 15) is 9.59 Å². The van der Waals surface area contributed by atoms with Gasteiger partial charge in [0.2, 0.25) is 0 Å². The first-order valence-electron chi connectivity index (χ1n) is 7.95. The molecule has 0 fully saturated rings. The van der Waals surface area contributed by atoms with Crippen LogP contribution in [-0.2, 0) is 16.1 Å². The Morgan fingerprint density at radius 3 is 3.00 bits per heavy atom. The lowest BCUT2D eigenvalue weighted by Gasteiger charge is -2.06. The number of H-pyrrole nitrogens is 1. The normalized spacial score (nSPS) is 11.0. The third-order valence-electron chi connectivity index (χ3n) is 3.80. The zero-order chi connectivity index (χ0) is 17.8. The lowest BCUT2D eigenvalue weighted by atomic mass is 10.1. The predicted molar refractivity (Wildman–Crippen MR) is 94.5 cm³/mol. The summed E-state index contributed by atoms with van der Waals surface area (Å²) in [6.07, 6.45) is 5.44. The number of aromatic amines is 1. The fourth-order valence-electron chi connectivity index (χ4n) is 2.75. The standard InChI is InChI=1S/C17H17ClN4O3/c1-2-25-12(23)6-4-8-22-15-14(20-10-21-17(15)24)13(16(22)18)11-5-3-7-19-9-11/h3,5,7,9-10H,2,4,6,8H2,1H3,(H,20,21,24). The highest BCUT2D eigenvalue weighted by Gasteiger charge is 2.20. The molecule has 0 atom stereocenters. The van der Waals surface area contributed by atoms with Gasteiger partial charge in [-0.3, -0.25) is 14.6 Å². The van der Waals surface area contributed by atoms with Gasteiger partial charge in [-0.1, -0.05) is 17.7 Å². The van der Waals surface area contributed by atoms with Crippen LogP contribution in [-0.4, -0.2) is 32.1 Å². The van der Waals surface area contributed by atoms with Crippen molar-refractivity contribution in [1.82, 2.24) is 19.5 Å². The van der Waals surface area contributed by atoms with E-state index in [0.29, 0.717) is 41.3 Å². The maximum atomic E-state index is 12.3. The number of esters is 1. The summed E-state index contributed by atoms with van der Waals surface area (Å²) in [7, 11) is 0. The van der Waals surface area contributed by atoms with Gasteiger partial charge in [0.1, 0.15) is 16.2 Å². The number of pyridine rings is 1. The molecule has 0 aliphatic heterocycles. The van der Waals surface area contributed by atoms with Crippen LogP contribution in [0.4, 0.5) is 0 Å². The Hall–Kier alpha value is -2.67. The smallest absolute Gasteiger partial charge is 0.305 e. The molecule has 7 nitrogen and oxygen atoms in total. The second kappa shape index (κ2) is 7.48. The van der Waals surface area contributed by atoms with E-state index in [4.69, 9.17) is 16.3 Å². The molecule has 8 heteroatoms. The first-order valence-corrected chi connectivity index (χ1v) is 8.32. The monoisotopic (exact) mass is 360 g/mol. The number of fused-ring (bicyclic) bond motifs is 1. The maximum absolute atomic E-state index is 12.3. The Morgan fingerprint density at radius 1 is 1.44 bits per heavy atom. The highest BCUT2D eigenvalue weighted by Crippen LogP contribution is 2.35. The molecule has 0 saturated heterocycles. The van der Waals surface area contributed by atoms with Crippen LogP contribution in [0.1, 0.15) is 19.8 Å². The van der Waals surface area contributed by atoms with E-state index in [0.717, 1.165) is 5.56 Å². The minimum Gasteiger partial charge on any atom is -0.466 e. The summed E-state index contributed by atoms with van der Waals surface area (Å²) in [6, 6.07) is 3.65. The Balaban J connectivity index is 2.02. The summed E-state index contributed by atoms with van der Waals surface area (Å²) in [6.45, 7) is 2.52. The zero-order valence-corrected chi connectivity index (χ0v) is 14.4. The van der Waals surface area contributed by atoms with Crippen molar-refractivity contribution in [1.29, 1.82) is 0 Å². The molecule has 0 aromatic carbocycles. The third-order valence-corrected chi connectivity index (χ3v) is 4.19. The fraction of sp³-hybridized carbons (Fsp3) is 0.294. The average Bonchev–Trinajstić information content (AvgIpc) is 2.89. The van der Waals surface area contributed by atoms with Crippen molar-refractivity contribution < 1.29 is 9.53 Å². The number of hydrogen-bond donors (Lipinski definition) is 1. The number of nitrogens with zero attached hydrogens (tertiary/aromatic N) is 3. The summed E-state index contributed by atoms with van der Waals surface area (Å²) < 4.78 is 6.61. The molecule has 130 valence electrons. The van der Waals surface area contributed by atoms with Crippen molar-refractivity contribution in [2.45, 2.75) is 26.3 Å². The third kappa shape index (κ3) is 3.41. The van der Waals surface area contributed by atoms with Crippen LogP contribution >= 0.6 is 11.6 Å². The van der Waals surface area contributed by atoms with E-state index >= 15 is 0 Å². The number of hydrogen-bond acceptors (Lipinski definition) is 5. The second-order valence-corrected chi connectivity index (χ2v) is 5.75. The summed E-state index contributed by atoms with van der Waals surface area (Å²) in [4.78, 5) is 34.8. The van der Waals surface area contributed by atoms with Crippen molar-refractivity contribution >= 4 is 28.6 Å². The number of halogens is 1. The van der Waals surface area contributed by atoms with Crippen molar-refractivity contribution in [3.8, 4) is 11.1 Å². The molecular formula is C17H17ClN4O3. The highest BCUT2D eigenvalue weighted by molar-refractivity contribution is 6.34. The number of rotatable bonds is 6. The van der Waals surface area contributed by atoms with Gasteiger partial charge in [0.15, 0.2) is 0 Å². The van der Waals surface area contributed by atoms with Crippen molar-refractivity contribution in [2.75, 3.05) is 6.61 Å². The average molecular weight is 361 g/mol. The van der Waals surface area contributed by atoms with Crippen LogP contribution in [0, 0.1) is 0 Å². The van der Waals surface area contributed by atoms with Gasteiger partial charge < -0.3 is 14.3 Å². The van der Waals surface area contributed by atoms with E-state index in [1.54, 1.807) is 30.0 Å². The first kappa shape index (κ1) is 17.2. The van der Waals surface area contributed by atoms with Crippen LogP contribution in [0.2, 0.25) is 5.15 Å². The Bertz CT molecular complexity index is 950. The van der Waals surface area contributed by atoms with E-state index in [-0.39, 0.29) is 17.9 Å². The maximum Gasteiger partial charge on any atom is 0.305 e. The van der Waals surface area contributed by atoms with Gasteiger partial charge in [-0.05, 0) is 19.4 Å². The largest absolute Gasteiger partial charge is 0.466 e. The van der Waals surface area contributed by atoms with E-state index in [1.807, 2.05) is 6.07 Å². The molecule has 0 unspecified atom stereocenters. The molecule has 3 aromatic heterocycles. The molecule has 25 heavy (non-hydrogen) atoms. The SMILES string of the molecule is CCOC(=O)CCCn1c(Cl)c(-c2cccnc2)c2nc[nH]c(=O)c21. The van der Waals surface area contributed by atoms with Crippen molar-refractivity contribution in [2.24, 2.45) is 0 Å². The lowest BCUT2D eigenvalue weighted by molar-refractivity contribution is -0.143. The van der Waals surface area contributed by atoms with E-state index in [2.05, 4.69) is 15.0 Å². The topological polar surface area (TPSA) is 89.9 Å². The molecule has 0 saturated carbocycles. The molecule has 0 bridgehead atoms. The number of carbonyl (C=O) groups is 1. The number of aryl methyl sites for hydroxylation is 1. The predicted octanol–water partition coefficient (Wildman–Crippen LogP) is 2.78. The highest BCUT2D eigenvalue weighted by atomic mass is 35.5. The second-order valence-electron chi connectivity index (χ2n) is 5.40. The molecule has 0 spiro atoms. The summed E-state index contributed by atoms with van der Waals surface area (Å²) >= 11 is 6.56. The number of ether oxygens (including phenoxy) is 1. The van der Waals surface area contributed by atoms with Crippen LogP contribution in [0.15, 0.2) is 35.6 Å². The van der Waals surface area contributed by atoms with Gasteiger partial charge in [-0.15, -0.1) is 0 Å². The number of carbonyl (C=O) groups excluding carboxylic acids is 1. The molecule has 0 radical (unpaired) electrons. The fourth-order valence-corrected chi connectivity index (χ4v) is 3.12. The Morgan fingerprint density at radius 2 is 2.28 bits per heavy atom. The van der Waals surface area contributed by atoms with Gasteiger partial charge >= 0.3 is 5.97 Å². The van der Waals surface area contributed by atoms with Gasteiger partial charge in [0, 0.05) is 36.5 Å². The van der Waals surface area contributed by atoms with Crippen molar-refractivity contribution in [3.63, 3.8) is 0 Å². The zero-order valence-electron chi connectivity index (χ0n) is 13.7. The molecule has 1 N–H and O–H groups in total. The van der Waals surface area contributed by atoms with Crippen LogP contribution in [0.5, 0.6) is 0 Å². The molecule has 3 heterocycles. The minimum absolute atomic E-state index is 0.254. The van der Waals surface area contributed by atoms with E-state index in [1.165, 1.54) is 6.33 Å².